The number of para-hydroxylation sites is 2. The average molecular weight is 275 g/mol. The quantitative estimate of drug-likeness (QED) is 0.909. The fourth-order valence-electron chi connectivity index (χ4n) is 2.57. The van der Waals surface area contributed by atoms with E-state index in [4.69, 9.17) is 4.98 Å². The van der Waals surface area contributed by atoms with E-state index in [0.29, 0.717) is 10.8 Å². The molecule has 0 spiro atoms. The molecule has 2 aromatic rings. The molecular formula is C15H21N3S. The highest BCUT2D eigenvalue weighted by Gasteiger charge is 2.41. The van der Waals surface area contributed by atoms with Crippen LogP contribution in [0.15, 0.2) is 24.3 Å². The highest BCUT2D eigenvalue weighted by Crippen LogP contribution is 2.46. The number of nitrogens with zero attached hydrogens (tertiary/aromatic N) is 2. The smallest absolute Gasteiger partial charge is 0.126 e. The van der Waals surface area contributed by atoms with E-state index in [1.54, 1.807) is 0 Å². The molecule has 1 aliphatic carbocycles. The predicted octanol–water partition coefficient (Wildman–Crippen LogP) is 3.12. The molecule has 1 N–H and O–H groups in total. The van der Waals surface area contributed by atoms with Crippen molar-refractivity contribution >= 4 is 22.8 Å². The fourth-order valence-corrected chi connectivity index (χ4v) is 3.31. The lowest BCUT2D eigenvalue weighted by Crippen LogP contribution is -2.29. The average Bonchev–Trinajstić information content (AvgIpc) is 3.15. The largest absolute Gasteiger partial charge is 0.330 e. The van der Waals surface area contributed by atoms with Crippen LogP contribution in [0.2, 0.25) is 0 Å². The molecule has 0 amide bonds. The second-order valence-corrected chi connectivity index (χ2v) is 6.78. The maximum atomic E-state index is 4.75. The number of imidazole rings is 1. The van der Waals surface area contributed by atoms with Crippen molar-refractivity contribution in [3.63, 3.8) is 0 Å². The minimum atomic E-state index is 0.294. The van der Waals surface area contributed by atoms with Gasteiger partial charge in [0.1, 0.15) is 5.82 Å². The minimum Gasteiger partial charge on any atom is -0.330 e. The number of hydrogen-bond acceptors (Lipinski definition) is 3. The van der Waals surface area contributed by atoms with Crippen molar-refractivity contribution in [1.82, 2.24) is 14.9 Å². The molecule has 0 aliphatic heterocycles. The van der Waals surface area contributed by atoms with Gasteiger partial charge in [0.05, 0.1) is 17.1 Å². The van der Waals surface area contributed by atoms with Crippen LogP contribution in [0.4, 0.5) is 0 Å². The molecular weight excluding hydrogens is 254 g/mol. The second-order valence-electron chi connectivity index (χ2n) is 5.51. The first-order valence-corrected chi connectivity index (χ1v) is 8.08. The van der Waals surface area contributed by atoms with Gasteiger partial charge in [0, 0.05) is 18.3 Å². The molecule has 0 radical (unpaired) electrons. The number of rotatable bonds is 5. The zero-order valence-corrected chi connectivity index (χ0v) is 12.6. The Labute approximate surface area is 118 Å². The Balaban J connectivity index is 1.77. The van der Waals surface area contributed by atoms with Crippen molar-refractivity contribution in [2.75, 3.05) is 12.8 Å². The molecule has 0 saturated heterocycles. The highest BCUT2D eigenvalue weighted by atomic mass is 32.2. The van der Waals surface area contributed by atoms with Crippen molar-refractivity contribution in [3.05, 3.63) is 30.1 Å². The monoisotopic (exact) mass is 275 g/mol. The molecule has 19 heavy (non-hydrogen) atoms. The molecule has 1 fully saturated rings. The van der Waals surface area contributed by atoms with Gasteiger partial charge < -0.3 is 9.88 Å². The summed E-state index contributed by atoms with van der Waals surface area (Å²) in [6.07, 6.45) is 4.90. The summed E-state index contributed by atoms with van der Waals surface area (Å²) in [7, 11) is 2.10. The topological polar surface area (TPSA) is 29.9 Å². The first kappa shape index (κ1) is 13.0. The fraction of sp³-hybridized carbons (Fsp3) is 0.533. The molecule has 3 nitrogen and oxygen atoms in total. The van der Waals surface area contributed by atoms with Gasteiger partial charge >= 0.3 is 0 Å². The third-order valence-corrected chi connectivity index (χ3v) is 5.60. The molecule has 1 aromatic heterocycles. The van der Waals surface area contributed by atoms with Crippen molar-refractivity contribution in [1.29, 1.82) is 0 Å². The molecule has 1 aliphatic rings. The van der Waals surface area contributed by atoms with Crippen LogP contribution in [0.1, 0.15) is 31.6 Å². The molecule has 0 bridgehead atoms. The summed E-state index contributed by atoms with van der Waals surface area (Å²) in [5, 5.41) is 3.65. The Hall–Kier alpha value is -1.00. The van der Waals surface area contributed by atoms with E-state index in [0.717, 1.165) is 17.9 Å². The van der Waals surface area contributed by atoms with E-state index in [1.165, 1.54) is 18.4 Å². The zero-order valence-electron chi connectivity index (χ0n) is 11.8. The normalized spacial score (nSPS) is 18.7. The lowest BCUT2D eigenvalue weighted by Gasteiger charge is -2.18. The lowest BCUT2D eigenvalue weighted by atomic mass is 10.3. The number of aromatic nitrogens is 2. The van der Waals surface area contributed by atoms with Crippen molar-refractivity contribution < 1.29 is 0 Å². The number of benzene rings is 1. The Morgan fingerprint density at radius 2 is 2.16 bits per heavy atom. The summed E-state index contributed by atoms with van der Waals surface area (Å²) < 4.78 is 2.70. The molecule has 102 valence electrons. The van der Waals surface area contributed by atoms with Gasteiger partial charge in [-0.3, -0.25) is 0 Å². The molecule has 3 rings (SSSR count). The van der Waals surface area contributed by atoms with E-state index in [-0.39, 0.29) is 0 Å². The van der Waals surface area contributed by atoms with Crippen LogP contribution >= 0.6 is 11.8 Å². The van der Waals surface area contributed by atoms with Gasteiger partial charge in [0.2, 0.25) is 0 Å². The van der Waals surface area contributed by atoms with Crippen LogP contribution in [0.25, 0.3) is 11.0 Å². The van der Waals surface area contributed by atoms with Crippen LogP contribution in [-0.2, 0) is 7.05 Å². The van der Waals surface area contributed by atoms with Crippen LogP contribution in [0.3, 0.4) is 0 Å². The van der Waals surface area contributed by atoms with Gasteiger partial charge in [0.15, 0.2) is 0 Å². The van der Waals surface area contributed by atoms with Gasteiger partial charge in [-0.15, -0.1) is 0 Å². The first-order valence-electron chi connectivity index (χ1n) is 6.85. The molecule has 1 unspecified atom stereocenters. The third kappa shape index (κ3) is 2.39. The van der Waals surface area contributed by atoms with Gasteiger partial charge in [0.25, 0.3) is 0 Å². The van der Waals surface area contributed by atoms with Crippen LogP contribution in [-0.4, -0.2) is 27.1 Å². The van der Waals surface area contributed by atoms with Crippen LogP contribution in [0, 0.1) is 0 Å². The van der Waals surface area contributed by atoms with Gasteiger partial charge in [-0.2, -0.15) is 11.8 Å². The molecule has 4 heteroatoms. The molecule has 1 atom stereocenters. The van der Waals surface area contributed by atoms with E-state index in [2.05, 4.69) is 48.3 Å². The molecule has 1 heterocycles. The van der Waals surface area contributed by atoms with Crippen molar-refractivity contribution in [2.24, 2.45) is 7.05 Å². The standard InChI is InChI=1S/C15H21N3S/c1-11(16-10-15(19-3)8-9-15)14-17-12-6-4-5-7-13(12)18(14)2/h4-7,11,16H,8-10H2,1-3H3. The second kappa shape index (κ2) is 4.84. The summed E-state index contributed by atoms with van der Waals surface area (Å²) in [4.78, 5) is 4.75. The Morgan fingerprint density at radius 1 is 1.42 bits per heavy atom. The molecule has 1 saturated carbocycles. The number of nitrogens with one attached hydrogen (secondary N) is 1. The maximum Gasteiger partial charge on any atom is 0.126 e. The third-order valence-electron chi connectivity index (χ3n) is 4.18. The Morgan fingerprint density at radius 3 is 2.79 bits per heavy atom. The summed E-state index contributed by atoms with van der Waals surface area (Å²) >= 11 is 1.99. The number of thioether (sulfide) groups is 1. The maximum absolute atomic E-state index is 4.75. The first-order chi connectivity index (χ1) is 9.15. The SMILES string of the molecule is CSC1(CNC(C)c2nc3ccccc3n2C)CC1. The predicted molar refractivity (Wildman–Crippen MR) is 82.6 cm³/mol. The van der Waals surface area contributed by atoms with Crippen LogP contribution < -0.4 is 5.32 Å². The molecule has 1 aromatic carbocycles. The van der Waals surface area contributed by atoms with E-state index >= 15 is 0 Å². The summed E-state index contributed by atoms with van der Waals surface area (Å²) in [5.41, 5.74) is 2.29. The zero-order chi connectivity index (χ0) is 13.5. The van der Waals surface area contributed by atoms with E-state index in [9.17, 15) is 0 Å². The van der Waals surface area contributed by atoms with E-state index in [1.807, 2.05) is 17.8 Å². The lowest BCUT2D eigenvalue weighted by molar-refractivity contribution is 0.526. The summed E-state index contributed by atoms with van der Waals surface area (Å²) in [5.74, 6) is 1.12. The summed E-state index contributed by atoms with van der Waals surface area (Å²) in [6, 6.07) is 8.61. The van der Waals surface area contributed by atoms with Crippen LogP contribution in [0.5, 0.6) is 0 Å². The Kier molecular flexibility index (Phi) is 3.31. The van der Waals surface area contributed by atoms with Crippen molar-refractivity contribution in [3.8, 4) is 0 Å². The highest BCUT2D eigenvalue weighted by molar-refractivity contribution is 8.00. The number of hydrogen-bond donors (Lipinski definition) is 1. The number of fused-ring (bicyclic) bond motifs is 1. The van der Waals surface area contributed by atoms with E-state index < -0.39 is 0 Å². The van der Waals surface area contributed by atoms with Gasteiger partial charge in [-0.1, -0.05) is 12.1 Å². The van der Waals surface area contributed by atoms with Gasteiger partial charge in [-0.05, 0) is 38.2 Å². The van der Waals surface area contributed by atoms with Gasteiger partial charge in [-0.25, -0.2) is 4.98 Å². The minimum absolute atomic E-state index is 0.294. The summed E-state index contributed by atoms with van der Waals surface area (Å²) in [6.45, 7) is 3.29. The van der Waals surface area contributed by atoms with Crippen molar-refractivity contribution in [2.45, 2.75) is 30.6 Å². The number of aryl methyl sites for hydroxylation is 1. The Bertz CT molecular complexity index is 586.